The van der Waals surface area contributed by atoms with Gasteiger partial charge in [0.15, 0.2) is 0 Å². The highest BCUT2D eigenvalue weighted by Crippen LogP contribution is 2.27. The Morgan fingerprint density at radius 1 is 1.50 bits per heavy atom. The Labute approximate surface area is 99.4 Å². The molecule has 2 rings (SSSR count). The van der Waals surface area contributed by atoms with Crippen LogP contribution in [0.25, 0.3) is 11.5 Å². The largest absolute Gasteiger partial charge is 0.419 e. The topological polar surface area (TPSA) is 119 Å². The zero-order valence-electron chi connectivity index (χ0n) is 8.75. The van der Waals surface area contributed by atoms with E-state index in [-0.39, 0.29) is 23.0 Å². The monoisotopic (exact) mass is 248 g/mol. The van der Waals surface area contributed by atoms with Crippen LogP contribution in [-0.4, -0.2) is 9.91 Å². The number of anilines is 1. The van der Waals surface area contributed by atoms with Crippen LogP contribution in [0.2, 0.25) is 0 Å². The molecular formula is C10H5FN4O3. The lowest BCUT2D eigenvalue weighted by Gasteiger charge is -1.96. The van der Waals surface area contributed by atoms with Gasteiger partial charge in [-0.3, -0.25) is 10.1 Å². The maximum Gasteiger partial charge on any atom is 0.273 e. The summed E-state index contributed by atoms with van der Waals surface area (Å²) in [6.45, 7) is 0. The van der Waals surface area contributed by atoms with E-state index in [1.54, 1.807) is 6.07 Å². The van der Waals surface area contributed by atoms with Crippen LogP contribution in [0.4, 0.5) is 16.0 Å². The van der Waals surface area contributed by atoms with Crippen molar-refractivity contribution in [1.82, 2.24) is 4.98 Å². The van der Waals surface area contributed by atoms with Crippen LogP contribution in [0.5, 0.6) is 0 Å². The van der Waals surface area contributed by atoms with Gasteiger partial charge in [0.2, 0.25) is 17.5 Å². The number of hydrogen-bond acceptors (Lipinski definition) is 6. The fraction of sp³-hybridized carbons (Fsp3) is 0. The number of oxazole rings is 1. The van der Waals surface area contributed by atoms with Gasteiger partial charge in [-0.25, -0.2) is 4.39 Å². The van der Waals surface area contributed by atoms with Crippen molar-refractivity contribution in [2.45, 2.75) is 0 Å². The van der Waals surface area contributed by atoms with Gasteiger partial charge < -0.3 is 10.2 Å². The van der Waals surface area contributed by atoms with Gasteiger partial charge in [0, 0.05) is 11.6 Å². The van der Waals surface area contributed by atoms with Crippen molar-refractivity contribution >= 4 is 11.6 Å². The Morgan fingerprint density at radius 3 is 2.78 bits per heavy atom. The third-order valence-corrected chi connectivity index (χ3v) is 2.10. The van der Waals surface area contributed by atoms with Crippen molar-refractivity contribution in [2.24, 2.45) is 0 Å². The molecule has 0 unspecified atom stereocenters. The average Bonchev–Trinajstić information content (AvgIpc) is 2.69. The molecule has 0 bridgehead atoms. The van der Waals surface area contributed by atoms with Crippen LogP contribution in [0, 0.1) is 27.3 Å². The number of nitrogens with zero attached hydrogens (tertiary/aromatic N) is 3. The molecule has 0 fully saturated rings. The van der Waals surface area contributed by atoms with Crippen LogP contribution in [-0.2, 0) is 0 Å². The van der Waals surface area contributed by atoms with E-state index in [4.69, 9.17) is 15.4 Å². The normalized spacial score (nSPS) is 10.0. The number of nitro groups is 1. The van der Waals surface area contributed by atoms with Crippen LogP contribution >= 0.6 is 0 Å². The Hall–Kier alpha value is -2.95. The molecule has 18 heavy (non-hydrogen) atoms. The summed E-state index contributed by atoms with van der Waals surface area (Å²) in [5, 5.41) is 19.2. The molecule has 1 aromatic heterocycles. The summed E-state index contributed by atoms with van der Waals surface area (Å²) in [7, 11) is 0. The third-order valence-electron chi connectivity index (χ3n) is 2.10. The highest BCUT2D eigenvalue weighted by atomic mass is 19.1. The molecule has 0 aliphatic rings. The standard InChI is InChI=1S/C10H5FN4O3/c11-6-1-5(2-7(3-6)15(16)17)10-14-8(4-12)9(13)18-10/h1-3H,13H2. The van der Waals surface area contributed by atoms with E-state index in [2.05, 4.69) is 4.98 Å². The molecule has 0 aliphatic carbocycles. The van der Waals surface area contributed by atoms with Crippen molar-refractivity contribution in [3.8, 4) is 17.5 Å². The minimum absolute atomic E-state index is 0.0369. The molecule has 8 heteroatoms. The molecule has 0 atom stereocenters. The first kappa shape index (κ1) is 11.5. The summed E-state index contributed by atoms with van der Waals surface area (Å²) in [6, 6.07) is 4.52. The summed E-state index contributed by atoms with van der Waals surface area (Å²) < 4.78 is 18.1. The molecule has 0 saturated heterocycles. The molecule has 0 radical (unpaired) electrons. The first-order chi connectivity index (χ1) is 8.51. The maximum absolute atomic E-state index is 13.2. The lowest BCUT2D eigenvalue weighted by molar-refractivity contribution is -0.385. The Morgan fingerprint density at radius 2 is 2.22 bits per heavy atom. The molecule has 2 N–H and O–H groups in total. The van der Waals surface area contributed by atoms with E-state index in [0.29, 0.717) is 0 Å². The molecule has 0 spiro atoms. The lowest BCUT2D eigenvalue weighted by atomic mass is 10.2. The second kappa shape index (κ2) is 4.14. The van der Waals surface area contributed by atoms with E-state index >= 15 is 0 Å². The number of benzene rings is 1. The number of nitrogen functional groups attached to an aromatic ring is 1. The molecule has 2 aromatic rings. The second-order valence-corrected chi connectivity index (χ2v) is 3.30. The Balaban J connectivity index is 2.57. The van der Waals surface area contributed by atoms with Crippen molar-refractivity contribution < 1.29 is 13.7 Å². The Kier molecular flexibility index (Phi) is 2.65. The number of nitro benzene ring substituents is 1. The van der Waals surface area contributed by atoms with E-state index < -0.39 is 16.4 Å². The zero-order valence-corrected chi connectivity index (χ0v) is 8.75. The summed E-state index contributed by atoms with van der Waals surface area (Å²) in [5.41, 5.74) is 4.78. The van der Waals surface area contributed by atoms with Gasteiger partial charge in [0.05, 0.1) is 11.0 Å². The molecule has 1 aromatic carbocycles. The van der Waals surface area contributed by atoms with Gasteiger partial charge in [0.25, 0.3) is 5.69 Å². The minimum atomic E-state index is -0.811. The number of halogens is 1. The van der Waals surface area contributed by atoms with Crippen LogP contribution in [0.3, 0.4) is 0 Å². The number of rotatable bonds is 2. The van der Waals surface area contributed by atoms with E-state index in [9.17, 15) is 14.5 Å². The van der Waals surface area contributed by atoms with Gasteiger partial charge in [-0.2, -0.15) is 10.2 Å². The van der Waals surface area contributed by atoms with Crippen molar-refractivity contribution in [1.29, 1.82) is 5.26 Å². The summed E-state index contributed by atoms with van der Waals surface area (Å²) in [5.74, 6) is -1.18. The van der Waals surface area contributed by atoms with Crippen LogP contribution in [0.1, 0.15) is 5.69 Å². The van der Waals surface area contributed by atoms with Gasteiger partial charge in [-0.1, -0.05) is 0 Å². The summed E-state index contributed by atoms with van der Waals surface area (Å²) >= 11 is 0. The first-order valence-electron chi connectivity index (χ1n) is 4.63. The number of nitrogens with two attached hydrogens (primary N) is 1. The molecule has 7 nitrogen and oxygen atoms in total. The van der Waals surface area contributed by atoms with Crippen molar-refractivity contribution in [2.75, 3.05) is 5.73 Å². The highest BCUT2D eigenvalue weighted by Gasteiger charge is 2.16. The molecule has 0 amide bonds. The zero-order chi connectivity index (χ0) is 13.3. The van der Waals surface area contributed by atoms with Gasteiger partial charge in [-0.05, 0) is 6.07 Å². The van der Waals surface area contributed by atoms with E-state index in [1.165, 1.54) is 0 Å². The number of hydrogen-bond donors (Lipinski definition) is 1. The van der Waals surface area contributed by atoms with Gasteiger partial charge in [0.1, 0.15) is 11.9 Å². The SMILES string of the molecule is N#Cc1nc(-c2cc(F)cc([N+](=O)[O-])c2)oc1N. The maximum atomic E-state index is 13.2. The fourth-order valence-electron chi connectivity index (χ4n) is 1.34. The summed E-state index contributed by atoms with van der Waals surface area (Å²) in [6.07, 6.45) is 0. The van der Waals surface area contributed by atoms with Gasteiger partial charge in [-0.15, -0.1) is 0 Å². The predicted molar refractivity (Wildman–Crippen MR) is 57.7 cm³/mol. The first-order valence-corrected chi connectivity index (χ1v) is 4.63. The molecule has 0 aliphatic heterocycles. The third kappa shape index (κ3) is 1.97. The van der Waals surface area contributed by atoms with Crippen molar-refractivity contribution in [3.63, 3.8) is 0 Å². The minimum Gasteiger partial charge on any atom is -0.419 e. The molecule has 1 heterocycles. The van der Waals surface area contributed by atoms with Gasteiger partial charge >= 0.3 is 0 Å². The van der Waals surface area contributed by atoms with Crippen LogP contribution < -0.4 is 5.73 Å². The number of aromatic nitrogens is 1. The summed E-state index contributed by atoms with van der Waals surface area (Å²) in [4.78, 5) is 13.5. The predicted octanol–water partition coefficient (Wildman–Crippen LogP) is 1.84. The second-order valence-electron chi connectivity index (χ2n) is 3.30. The number of non-ortho nitro benzene ring substituents is 1. The Bertz CT molecular complexity index is 674. The van der Waals surface area contributed by atoms with E-state index in [1.807, 2.05) is 0 Å². The van der Waals surface area contributed by atoms with Crippen molar-refractivity contribution in [3.05, 3.63) is 39.8 Å². The smallest absolute Gasteiger partial charge is 0.273 e. The fourth-order valence-corrected chi connectivity index (χ4v) is 1.34. The lowest BCUT2D eigenvalue weighted by Crippen LogP contribution is -1.90. The van der Waals surface area contributed by atoms with E-state index in [0.717, 1.165) is 18.2 Å². The average molecular weight is 248 g/mol. The van der Waals surface area contributed by atoms with Crippen LogP contribution in [0.15, 0.2) is 22.6 Å². The quantitative estimate of drug-likeness (QED) is 0.639. The molecule has 90 valence electrons. The highest BCUT2D eigenvalue weighted by molar-refractivity contribution is 5.61. The molecule has 0 saturated carbocycles. The number of nitriles is 1. The molecular weight excluding hydrogens is 243 g/mol.